The minimum atomic E-state index is -0.735. The number of ether oxygens (including phenoxy) is 3. The molecular weight excluding hydrogens is 650 g/mol. The van der Waals surface area contributed by atoms with Crippen LogP contribution in [0.1, 0.15) is 89.9 Å². The zero-order valence-corrected chi connectivity index (χ0v) is 29.4. The Kier molecular flexibility index (Phi) is 10.7. The maximum atomic E-state index is 14.7. The molecule has 11 nitrogen and oxygen atoms in total. The Labute approximate surface area is 298 Å². The molecule has 0 bridgehead atoms. The zero-order chi connectivity index (χ0) is 36.1. The molecule has 1 saturated carbocycles. The number of carbonyl (C=O) groups excluding carboxylic acids is 5. The fraction of sp³-hybridized carbons (Fsp3) is 0.425. The number of esters is 1. The van der Waals surface area contributed by atoms with Gasteiger partial charge in [-0.05, 0) is 69.4 Å². The summed E-state index contributed by atoms with van der Waals surface area (Å²) in [6, 6.07) is 21.0. The van der Waals surface area contributed by atoms with Gasteiger partial charge in [0.2, 0.25) is 5.91 Å². The molecule has 1 fully saturated rings. The lowest BCUT2D eigenvalue weighted by Gasteiger charge is -2.42. The number of amides is 4. The molecule has 2 heterocycles. The van der Waals surface area contributed by atoms with Crippen molar-refractivity contribution in [1.82, 2.24) is 15.1 Å². The molecule has 3 aliphatic rings. The van der Waals surface area contributed by atoms with Crippen molar-refractivity contribution in [3.63, 3.8) is 0 Å². The van der Waals surface area contributed by atoms with Gasteiger partial charge in [0, 0.05) is 12.1 Å². The number of carbonyl (C=O) groups is 5. The molecular formula is C40H45N3O8. The van der Waals surface area contributed by atoms with Crippen LogP contribution >= 0.6 is 0 Å². The van der Waals surface area contributed by atoms with Crippen LogP contribution in [0.2, 0.25) is 0 Å². The number of hydrogen-bond donors (Lipinski definition) is 1. The summed E-state index contributed by atoms with van der Waals surface area (Å²) < 4.78 is 17.3. The molecule has 6 rings (SSSR count). The third-order valence-electron chi connectivity index (χ3n) is 9.64. The SMILES string of the molecule is CC(C)(C)OC(=O)NCCOc1cccc2c1C(CN1C(=O)c3ccccc3C1=O)N(C(=O)C1CCCCC1C(=O)OCc1ccccc1)CC2. The quantitative estimate of drug-likeness (QED) is 0.159. The largest absolute Gasteiger partial charge is 0.491 e. The van der Waals surface area contributed by atoms with Crippen molar-refractivity contribution in [2.75, 3.05) is 26.2 Å². The monoisotopic (exact) mass is 695 g/mol. The van der Waals surface area contributed by atoms with Crippen molar-refractivity contribution >= 4 is 29.8 Å². The number of fused-ring (bicyclic) bond motifs is 2. The Morgan fingerprint density at radius 1 is 0.843 bits per heavy atom. The van der Waals surface area contributed by atoms with Crippen LogP contribution in [-0.4, -0.2) is 71.4 Å². The van der Waals surface area contributed by atoms with Crippen LogP contribution in [0.15, 0.2) is 72.8 Å². The van der Waals surface area contributed by atoms with Crippen LogP contribution in [0.25, 0.3) is 0 Å². The molecule has 1 N–H and O–H groups in total. The number of nitrogens with one attached hydrogen (secondary N) is 1. The summed E-state index contributed by atoms with van der Waals surface area (Å²) in [5.41, 5.74) is 2.50. The molecule has 268 valence electrons. The number of alkyl carbamates (subject to hydrolysis) is 1. The fourth-order valence-corrected chi connectivity index (χ4v) is 7.28. The van der Waals surface area contributed by atoms with E-state index in [1.54, 1.807) is 56.0 Å². The predicted molar refractivity (Wildman–Crippen MR) is 188 cm³/mol. The molecule has 0 aromatic heterocycles. The first-order valence-corrected chi connectivity index (χ1v) is 17.7. The van der Waals surface area contributed by atoms with E-state index in [0.717, 1.165) is 24.0 Å². The standard InChI is InChI=1S/C40H45N3O8/c1-40(2,3)51-39(48)41-21-23-49-33-19-11-14-27-20-22-42(32(34(27)33)24-43-36(45)28-15-7-8-16-29(28)37(43)46)35(44)30-17-9-10-18-31(30)38(47)50-25-26-12-5-4-6-13-26/h4-8,11-16,19,30-32H,9-10,17-18,20-25H2,1-3H3,(H,41,48). The summed E-state index contributed by atoms with van der Waals surface area (Å²) >= 11 is 0. The fourth-order valence-electron chi connectivity index (χ4n) is 7.28. The van der Waals surface area contributed by atoms with Crippen molar-refractivity contribution < 1.29 is 38.2 Å². The van der Waals surface area contributed by atoms with E-state index in [2.05, 4.69) is 5.32 Å². The first-order chi connectivity index (χ1) is 24.5. The van der Waals surface area contributed by atoms with Gasteiger partial charge in [-0.15, -0.1) is 0 Å². The Bertz CT molecular complexity index is 1750. The first kappa shape index (κ1) is 35.6. The van der Waals surface area contributed by atoms with Crippen molar-refractivity contribution in [1.29, 1.82) is 0 Å². The highest BCUT2D eigenvalue weighted by atomic mass is 16.6. The average molecular weight is 696 g/mol. The van der Waals surface area contributed by atoms with Crippen LogP contribution < -0.4 is 10.1 Å². The van der Waals surface area contributed by atoms with Gasteiger partial charge in [-0.3, -0.25) is 24.1 Å². The third kappa shape index (κ3) is 8.08. The van der Waals surface area contributed by atoms with E-state index in [1.807, 2.05) is 42.5 Å². The van der Waals surface area contributed by atoms with Gasteiger partial charge in [-0.25, -0.2) is 4.79 Å². The maximum Gasteiger partial charge on any atom is 0.407 e. The molecule has 3 aromatic carbocycles. The lowest BCUT2D eigenvalue weighted by molar-refractivity contribution is -0.159. The molecule has 3 aromatic rings. The van der Waals surface area contributed by atoms with Crippen LogP contribution in [-0.2, 0) is 32.1 Å². The third-order valence-corrected chi connectivity index (χ3v) is 9.64. The molecule has 3 atom stereocenters. The van der Waals surface area contributed by atoms with E-state index in [9.17, 15) is 24.0 Å². The van der Waals surface area contributed by atoms with Gasteiger partial charge in [0.05, 0.1) is 42.1 Å². The summed E-state index contributed by atoms with van der Waals surface area (Å²) in [6.07, 6.45) is 2.63. The maximum absolute atomic E-state index is 14.7. The van der Waals surface area contributed by atoms with Gasteiger partial charge in [-0.1, -0.05) is 67.4 Å². The topological polar surface area (TPSA) is 132 Å². The molecule has 3 unspecified atom stereocenters. The lowest BCUT2D eigenvalue weighted by atomic mass is 9.77. The van der Waals surface area contributed by atoms with Crippen LogP contribution in [0.5, 0.6) is 5.75 Å². The smallest absolute Gasteiger partial charge is 0.407 e. The summed E-state index contributed by atoms with van der Waals surface area (Å²) in [6.45, 7) is 6.00. The minimum Gasteiger partial charge on any atom is -0.491 e. The highest BCUT2D eigenvalue weighted by molar-refractivity contribution is 6.21. The van der Waals surface area contributed by atoms with Gasteiger partial charge in [0.15, 0.2) is 0 Å². The minimum absolute atomic E-state index is 0.0859. The second kappa shape index (κ2) is 15.4. The molecule has 1 aliphatic carbocycles. The van der Waals surface area contributed by atoms with Gasteiger partial charge in [0.1, 0.15) is 24.6 Å². The molecule has 0 spiro atoms. The van der Waals surface area contributed by atoms with E-state index in [4.69, 9.17) is 14.2 Å². The van der Waals surface area contributed by atoms with Gasteiger partial charge >= 0.3 is 12.1 Å². The number of nitrogens with zero attached hydrogens (tertiary/aromatic N) is 2. The Hall–Kier alpha value is -5.19. The molecule has 2 aliphatic heterocycles. The zero-order valence-electron chi connectivity index (χ0n) is 29.4. The van der Waals surface area contributed by atoms with Crippen LogP contribution in [0.4, 0.5) is 4.79 Å². The van der Waals surface area contributed by atoms with Crippen molar-refractivity contribution in [3.8, 4) is 5.75 Å². The molecule has 0 saturated heterocycles. The summed E-state index contributed by atoms with van der Waals surface area (Å²) in [5, 5.41) is 2.70. The second-order valence-corrected chi connectivity index (χ2v) is 14.3. The Morgan fingerprint density at radius 2 is 1.51 bits per heavy atom. The summed E-state index contributed by atoms with van der Waals surface area (Å²) in [7, 11) is 0. The van der Waals surface area contributed by atoms with E-state index in [1.165, 1.54) is 4.90 Å². The number of rotatable bonds is 10. The number of hydrogen-bond acceptors (Lipinski definition) is 8. The summed E-state index contributed by atoms with van der Waals surface area (Å²) in [5.74, 6) is -2.18. The summed E-state index contributed by atoms with van der Waals surface area (Å²) in [4.78, 5) is 70.6. The highest BCUT2D eigenvalue weighted by Gasteiger charge is 2.45. The predicted octanol–water partition coefficient (Wildman–Crippen LogP) is 5.86. The Balaban J connectivity index is 1.27. The molecule has 11 heteroatoms. The van der Waals surface area contributed by atoms with Gasteiger partial charge in [0.25, 0.3) is 11.8 Å². The van der Waals surface area contributed by atoms with Crippen molar-refractivity contribution in [2.24, 2.45) is 11.8 Å². The van der Waals surface area contributed by atoms with E-state index >= 15 is 0 Å². The van der Waals surface area contributed by atoms with Crippen LogP contribution in [0.3, 0.4) is 0 Å². The number of benzene rings is 3. The van der Waals surface area contributed by atoms with Crippen LogP contribution in [0, 0.1) is 11.8 Å². The van der Waals surface area contributed by atoms with E-state index in [-0.39, 0.29) is 32.2 Å². The number of imide groups is 1. The van der Waals surface area contributed by atoms with Gasteiger partial charge in [-0.2, -0.15) is 0 Å². The highest BCUT2D eigenvalue weighted by Crippen LogP contribution is 2.41. The lowest BCUT2D eigenvalue weighted by Crippen LogP contribution is -2.50. The normalized spacial score (nSPS) is 19.9. The molecule has 51 heavy (non-hydrogen) atoms. The second-order valence-electron chi connectivity index (χ2n) is 14.3. The molecule has 0 radical (unpaired) electrons. The molecule has 4 amide bonds. The van der Waals surface area contributed by atoms with E-state index in [0.29, 0.717) is 48.2 Å². The van der Waals surface area contributed by atoms with E-state index < -0.39 is 47.4 Å². The first-order valence-electron chi connectivity index (χ1n) is 17.7. The van der Waals surface area contributed by atoms with Crippen molar-refractivity contribution in [3.05, 3.63) is 101 Å². The van der Waals surface area contributed by atoms with Crippen molar-refractivity contribution in [2.45, 2.75) is 71.1 Å². The van der Waals surface area contributed by atoms with Gasteiger partial charge < -0.3 is 24.4 Å². The Morgan fingerprint density at radius 3 is 2.20 bits per heavy atom. The average Bonchev–Trinajstić information content (AvgIpc) is 3.36.